The molecule has 7 heteroatoms. The Bertz CT molecular complexity index is 639. The Morgan fingerprint density at radius 3 is 2.22 bits per heavy atom. The van der Waals surface area contributed by atoms with Gasteiger partial charge in [0.05, 0.1) is 17.4 Å². The van der Waals surface area contributed by atoms with Crippen molar-refractivity contribution in [2.75, 3.05) is 0 Å². The lowest BCUT2D eigenvalue weighted by Crippen LogP contribution is -2.11. The fourth-order valence-electron chi connectivity index (χ4n) is 1.19. The van der Waals surface area contributed by atoms with Crippen LogP contribution in [-0.2, 0) is 10.1 Å². The van der Waals surface area contributed by atoms with Gasteiger partial charge in [-0.2, -0.15) is 8.42 Å². The van der Waals surface area contributed by atoms with Crippen molar-refractivity contribution in [1.82, 2.24) is 9.97 Å². The molecule has 2 aromatic rings. The van der Waals surface area contributed by atoms with Gasteiger partial charge < -0.3 is 4.18 Å². The van der Waals surface area contributed by atoms with E-state index < -0.39 is 10.1 Å². The molecule has 0 radical (unpaired) electrons. The summed E-state index contributed by atoms with van der Waals surface area (Å²) in [6, 6.07) is 6.01. The molecule has 1 aromatic carbocycles. The van der Waals surface area contributed by atoms with E-state index in [4.69, 9.17) is 15.8 Å². The smallest absolute Gasteiger partial charge is 0.339 e. The minimum Gasteiger partial charge on any atom is -0.339 e. The molecule has 0 aliphatic rings. The SMILES string of the molecule is Cc1ccc(S(=O)(=O)Oc2ncc(Cl)cn2)cc1. The van der Waals surface area contributed by atoms with Crippen LogP contribution in [0, 0.1) is 6.92 Å². The molecule has 0 spiro atoms. The van der Waals surface area contributed by atoms with Crippen molar-refractivity contribution in [1.29, 1.82) is 0 Å². The van der Waals surface area contributed by atoms with Gasteiger partial charge in [0.25, 0.3) is 0 Å². The molecular formula is C11H9ClN2O3S. The van der Waals surface area contributed by atoms with Gasteiger partial charge in [0.2, 0.25) is 0 Å². The molecule has 0 aliphatic heterocycles. The molecule has 0 N–H and O–H groups in total. The molecule has 0 saturated heterocycles. The van der Waals surface area contributed by atoms with E-state index >= 15 is 0 Å². The fourth-order valence-corrected chi connectivity index (χ4v) is 2.14. The number of rotatable bonds is 3. The molecule has 18 heavy (non-hydrogen) atoms. The number of hydrogen-bond donors (Lipinski definition) is 0. The normalized spacial score (nSPS) is 11.2. The highest BCUT2D eigenvalue weighted by Crippen LogP contribution is 2.16. The van der Waals surface area contributed by atoms with Crippen LogP contribution in [0.2, 0.25) is 5.02 Å². The third kappa shape index (κ3) is 2.96. The van der Waals surface area contributed by atoms with Gasteiger partial charge in [-0.05, 0) is 19.1 Å². The molecule has 0 unspecified atom stereocenters. The quantitative estimate of drug-likeness (QED) is 0.808. The molecule has 0 atom stereocenters. The predicted molar refractivity (Wildman–Crippen MR) is 66.0 cm³/mol. The zero-order valence-corrected chi connectivity index (χ0v) is 10.9. The van der Waals surface area contributed by atoms with Crippen LogP contribution in [-0.4, -0.2) is 18.4 Å². The first-order valence-electron chi connectivity index (χ1n) is 4.96. The standard InChI is InChI=1S/C11H9ClN2O3S/c1-8-2-4-10(5-3-8)18(15,16)17-11-13-6-9(12)7-14-11/h2-7H,1H3. The number of nitrogens with zero attached hydrogens (tertiary/aromatic N) is 2. The Morgan fingerprint density at radius 2 is 1.67 bits per heavy atom. The Kier molecular flexibility index (Phi) is 3.49. The lowest BCUT2D eigenvalue weighted by atomic mass is 10.2. The second-order valence-electron chi connectivity index (χ2n) is 3.53. The van der Waals surface area contributed by atoms with Gasteiger partial charge >= 0.3 is 16.1 Å². The van der Waals surface area contributed by atoms with Crippen molar-refractivity contribution in [2.24, 2.45) is 0 Å². The summed E-state index contributed by atoms with van der Waals surface area (Å²) >= 11 is 5.59. The van der Waals surface area contributed by atoms with Gasteiger partial charge in [0, 0.05) is 0 Å². The van der Waals surface area contributed by atoms with E-state index in [9.17, 15) is 8.42 Å². The first-order valence-corrected chi connectivity index (χ1v) is 6.75. The molecule has 0 bridgehead atoms. The number of hydrogen-bond acceptors (Lipinski definition) is 5. The van der Waals surface area contributed by atoms with Crippen molar-refractivity contribution in [2.45, 2.75) is 11.8 Å². The predicted octanol–water partition coefficient (Wildman–Crippen LogP) is 2.21. The summed E-state index contributed by atoms with van der Waals surface area (Å²) in [5.74, 6) is 0. The number of aryl methyl sites for hydroxylation is 1. The molecule has 0 aliphatic carbocycles. The summed E-state index contributed by atoms with van der Waals surface area (Å²) in [6.07, 6.45) is 2.52. The molecule has 1 aromatic heterocycles. The Hall–Kier alpha value is -1.66. The maximum atomic E-state index is 11.9. The van der Waals surface area contributed by atoms with Crippen molar-refractivity contribution in [3.8, 4) is 6.01 Å². The van der Waals surface area contributed by atoms with Gasteiger partial charge in [-0.25, -0.2) is 9.97 Å². The zero-order valence-electron chi connectivity index (χ0n) is 9.37. The van der Waals surface area contributed by atoms with Crippen LogP contribution >= 0.6 is 11.6 Å². The highest BCUT2D eigenvalue weighted by Gasteiger charge is 2.17. The van der Waals surface area contributed by atoms with E-state index in [2.05, 4.69) is 9.97 Å². The van der Waals surface area contributed by atoms with E-state index in [-0.39, 0.29) is 10.9 Å². The van der Waals surface area contributed by atoms with Crippen molar-refractivity contribution in [3.05, 3.63) is 47.2 Å². The van der Waals surface area contributed by atoms with E-state index in [0.717, 1.165) is 5.56 Å². The molecule has 0 saturated carbocycles. The lowest BCUT2D eigenvalue weighted by Gasteiger charge is -2.05. The number of halogens is 1. The molecule has 1 heterocycles. The second-order valence-corrected chi connectivity index (χ2v) is 5.52. The first kappa shape index (κ1) is 12.8. The van der Waals surface area contributed by atoms with E-state index in [1.54, 1.807) is 12.1 Å². The largest absolute Gasteiger partial charge is 0.341 e. The average molecular weight is 285 g/mol. The minimum atomic E-state index is -3.91. The third-order valence-electron chi connectivity index (χ3n) is 2.09. The van der Waals surface area contributed by atoms with E-state index in [1.807, 2.05) is 6.92 Å². The van der Waals surface area contributed by atoms with E-state index in [1.165, 1.54) is 24.5 Å². The van der Waals surface area contributed by atoms with Gasteiger partial charge in [0.1, 0.15) is 4.90 Å². The minimum absolute atomic E-state index is 0.0478. The summed E-state index contributed by atoms with van der Waals surface area (Å²) in [5, 5.41) is 0.301. The van der Waals surface area contributed by atoms with Crippen molar-refractivity contribution < 1.29 is 12.6 Å². The van der Waals surface area contributed by atoms with E-state index in [0.29, 0.717) is 5.02 Å². The first-order chi connectivity index (χ1) is 8.47. The average Bonchev–Trinajstić information content (AvgIpc) is 2.32. The van der Waals surface area contributed by atoms with Crippen LogP contribution in [0.5, 0.6) is 6.01 Å². The molecule has 0 fully saturated rings. The van der Waals surface area contributed by atoms with Crippen LogP contribution < -0.4 is 4.18 Å². The molecule has 5 nitrogen and oxygen atoms in total. The van der Waals surface area contributed by atoms with Crippen molar-refractivity contribution in [3.63, 3.8) is 0 Å². The maximum absolute atomic E-state index is 11.9. The molecule has 94 valence electrons. The van der Waals surface area contributed by atoms with Gasteiger partial charge in [0.15, 0.2) is 0 Å². The third-order valence-corrected chi connectivity index (χ3v) is 3.50. The lowest BCUT2D eigenvalue weighted by molar-refractivity contribution is 0.464. The summed E-state index contributed by atoms with van der Waals surface area (Å²) < 4.78 is 28.5. The van der Waals surface area contributed by atoms with Crippen molar-refractivity contribution >= 4 is 21.7 Å². The monoisotopic (exact) mass is 284 g/mol. The zero-order chi connectivity index (χ0) is 13.2. The molecule has 0 amide bonds. The maximum Gasteiger partial charge on any atom is 0.341 e. The van der Waals surface area contributed by atoms with Crippen LogP contribution in [0.25, 0.3) is 0 Å². The number of aromatic nitrogens is 2. The summed E-state index contributed by atoms with van der Waals surface area (Å²) in [7, 11) is -3.91. The molecule has 2 rings (SSSR count). The fraction of sp³-hybridized carbons (Fsp3) is 0.0909. The van der Waals surface area contributed by atoms with Crippen LogP contribution in [0.3, 0.4) is 0 Å². The van der Waals surface area contributed by atoms with Gasteiger partial charge in [-0.15, -0.1) is 0 Å². The summed E-state index contributed by atoms with van der Waals surface area (Å²) in [4.78, 5) is 7.37. The number of benzene rings is 1. The topological polar surface area (TPSA) is 69.2 Å². The Balaban J connectivity index is 2.27. The second kappa shape index (κ2) is 4.91. The highest BCUT2D eigenvalue weighted by molar-refractivity contribution is 7.87. The summed E-state index contributed by atoms with van der Waals surface area (Å²) in [5.41, 5.74) is 0.955. The molecular weight excluding hydrogens is 276 g/mol. The van der Waals surface area contributed by atoms with Gasteiger partial charge in [-0.3, -0.25) is 0 Å². The van der Waals surface area contributed by atoms with Crippen LogP contribution in [0.1, 0.15) is 5.56 Å². The van der Waals surface area contributed by atoms with Crippen LogP contribution in [0.4, 0.5) is 0 Å². The Morgan fingerprint density at radius 1 is 1.11 bits per heavy atom. The Labute approximate surface area is 110 Å². The highest BCUT2D eigenvalue weighted by atomic mass is 35.5. The van der Waals surface area contributed by atoms with Crippen LogP contribution in [0.15, 0.2) is 41.6 Å². The summed E-state index contributed by atoms with van der Waals surface area (Å²) in [6.45, 7) is 1.86. The van der Waals surface area contributed by atoms with Gasteiger partial charge in [-0.1, -0.05) is 29.3 Å².